The lowest BCUT2D eigenvalue weighted by Crippen LogP contribution is -2.48. The van der Waals surface area contributed by atoms with Gasteiger partial charge in [-0.3, -0.25) is 10.1 Å². The molecular weight excluding hydrogens is 392 g/mol. The molecule has 0 unspecified atom stereocenters. The number of aromatic hydroxyl groups is 1. The monoisotopic (exact) mass is 412 g/mol. The van der Waals surface area contributed by atoms with Crippen LogP contribution in [0.3, 0.4) is 0 Å². The number of phenols is 1. The molecule has 1 aromatic carbocycles. The third-order valence-electron chi connectivity index (χ3n) is 4.19. The summed E-state index contributed by atoms with van der Waals surface area (Å²) in [6.07, 6.45) is 4.14. The minimum Gasteiger partial charge on any atom is -0.507 e. The van der Waals surface area contributed by atoms with Crippen molar-refractivity contribution in [1.29, 1.82) is 0 Å². The molecule has 2 atom stereocenters. The molecule has 0 heterocycles. The third kappa shape index (κ3) is 5.74. The number of carbonyl (C=O) groups excluding carboxylic acids is 3. The van der Waals surface area contributed by atoms with Crippen LogP contribution in [0.15, 0.2) is 22.7 Å². The molecule has 3 N–H and O–H groups in total. The molecule has 0 radical (unpaired) electrons. The van der Waals surface area contributed by atoms with Crippen LogP contribution in [0, 0.1) is 5.92 Å². The van der Waals surface area contributed by atoms with Gasteiger partial charge in [0.1, 0.15) is 11.3 Å². The Morgan fingerprint density at radius 1 is 1.28 bits per heavy atom. The summed E-state index contributed by atoms with van der Waals surface area (Å²) in [6.45, 7) is 1.45. The molecule has 3 amide bonds. The van der Waals surface area contributed by atoms with Crippen molar-refractivity contribution in [1.82, 2.24) is 10.6 Å². The summed E-state index contributed by atoms with van der Waals surface area (Å²) in [5.41, 5.74) is -0.0670. The zero-order valence-electron chi connectivity index (χ0n) is 13.9. The van der Waals surface area contributed by atoms with E-state index in [4.69, 9.17) is 4.74 Å². The molecule has 1 aliphatic carbocycles. The second-order valence-corrected chi connectivity index (χ2v) is 7.04. The fourth-order valence-corrected chi connectivity index (χ4v) is 3.14. The first-order chi connectivity index (χ1) is 11.9. The maximum atomic E-state index is 11.9. The number of amides is 3. The normalized spacial score (nSPS) is 19.8. The van der Waals surface area contributed by atoms with Crippen LogP contribution >= 0.6 is 15.9 Å². The molecule has 0 saturated heterocycles. The molecule has 0 aromatic heterocycles. The predicted octanol–water partition coefficient (Wildman–Crippen LogP) is 2.72. The van der Waals surface area contributed by atoms with E-state index in [1.807, 2.05) is 0 Å². The van der Waals surface area contributed by atoms with E-state index >= 15 is 0 Å². The van der Waals surface area contributed by atoms with Crippen LogP contribution in [-0.4, -0.2) is 35.7 Å². The summed E-state index contributed by atoms with van der Waals surface area (Å²) in [7, 11) is 0. The predicted molar refractivity (Wildman–Crippen MR) is 94.2 cm³/mol. The molecule has 1 fully saturated rings. The minimum atomic E-state index is -0.852. The fourth-order valence-electron chi connectivity index (χ4n) is 2.78. The number of esters is 1. The molecule has 1 saturated carbocycles. The Morgan fingerprint density at radius 2 is 2.00 bits per heavy atom. The van der Waals surface area contributed by atoms with Crippen molar-refractivity contribution in [3.63, 3.8) is 0 Å². The number of urea groups is 1. The van der Waals surface area contributed by atoms with Crippen LogP contribution in [0.2, 0.25) is 0 Å². The van der Waals surface area contributed by atoms with Crippen LogP contribution in [0.25, 0.3) is 0 Å². The van der Waals surface area contributed by atoms with Gasteiger partial charge in [0.15, 0.2) is 6.61 Å². The van der Waals surface area contributed by atoms with E-state index in [9.17, 15) is 19.5 Å². The summed E-state index contributed by atoms with van der Waals surface area (Å²) in [5, 5.41) is 14.6. The number of phenolic OH excluding ortho intramolecular Hbond substituents is 1. The second kappa shape index (κ2) is 8.84. The van der Waals surface area contributed by atoms with Crippen LogP contribution in [0.5, 0.6) is 5.75 Å². The maximum Gasteiger partial charge on any atom is 0.342 e. The van der Waals surface area contributed by atoms with Gasteiger partial charge in [-0.05, 0) is 37.0 Å². The lowest BCUT2D eigenvalue weighted by atomic mass is 9.86. The molecule has 8 heteroatoms. The first kappa shape index (κ1) is 19.2. The zero-order valence-corrected chi connectivity index (χ0v) is 15.5. The number of ether oxygens (including phenoxy) is 1. The largest absolute Gasteiger partial charge is 0.507 e. The minimum absolute atomic E-state index is 0.0442. The highest BCUT2D eigenvalue weighted by atomic mass is 79.9. The summed E-state index contributed by atoms with van der Waals surface area (Å²) in [4.78, 5) is 35.5. The van der Waals surface area contributed by atoms with Gasteiger partial charge in [0, 0.05) is 10.5 Å². The Balaban J connectivity index is 1.79. The molecular formula is C17H21BrN2O5. The molecule has 136 valence electrons. The SMILES string of the molecule is C[C@@H]1CCCC[C@H]1NC(=O)NC(=O)COC(=O)c1cc(Br)ccc1O. The van der Waals surface area contributed by atoms with E-state index in [0.717, 1.165) is 25.7 Å². The van der Waals surface area contributed by atoms with Gasteiger partial charge in [-0.25, -0.2) is 9.59 Å². The van der Waals surface area contributed by atoms with Crippen molar-refractivity contribution in [2.24, 2.45) is 5.92 Å². The van der Waals surface area contributed by atoms with Crippen molar-refractivity contribution in [2.75, 3.05) is 6.61 Å². The van der Waals surface area contributed by atoms with E-state index in [1.54, 1.807) is 6.07 Å². The quantitative estimate of drug-likeness (QED) is 0.659. The average Bonchev–Trinajstić information content (AvgIpc) is 2.57. The van der Waals surface area contributed by atoms with Gasteiger partial charge in [-0.2, -0.15) is 0 Å². The molecule has 25 heavy (non-hydrogen) atoms. The Hall–Kier alpha value is -2.09. The topological polar surface area (TPSA) is 105 Å². The van der Waals surface area contributed by atoms with Gasteiger partial charge in [0.25, 0.3) is 5.91 Å². The highest BCUT2D eigenvalue weighted by Gasteiger charge is 2.23. The van der Waals surface area contributed by atoms with Gasteiger partial charge in [-0.15, -0.1) is 0 Å². The highest BCUT2D eigenvalue weighted by Crippen LogP contribution is 2.24. The zero-order chi connectivity index (χ0) is 18.4. The first-order valence-electron chi connectivity index (χ1n) is 8.13. The molecule has 1 aliphatic rings. The van der Waals surface area contributed by atoms with Crippen molar-refractivity contribution < 1.29 is 24.2 Å². The number of imide groups is 1. The molecule has 0 spiro atoms. The molecule has 1 aromatic rings. The van der Waals surface area contributed by atoms with Crippen LogP contribution in [0.4, 0.5) is 4.79 Å². The lowest BCUT2D eigenvalue weighted by Gasteiger charge is -2.29. The molecule has 2 rings (SSSR count). The molecule has 0 aliphatic heterocycles. The summed E-state index contributed by atoms with van der Waals surface area (Å²) < 4.78 is 5.41. The average molecular weight is 413 g/mol. The van der Waals surface area contributed by atoms with Crippen molar-refractivity contribution in [2.45, 2.75) is 38.6 Å². The summed E-state index contributed by atoms with van der Waals surface area (Å²) in [5.74, 6) is -1.47. The number of hydrogen-bond donors (Lipinski definition) is 3. The maximum absolute atomic E-state index is 11.9. The number of nitrogens with one attached hydrogen (secondary N) is 2. The second-order valence-electron chi connectivity index (χ2n) is 6.13. The Labute approximate surface area is 154 Å². The van der Waals surface area contributed by atoms with Gasteiger partial charge in [0.05, 0.1) is 0 Å². The summed E-state index contributed by atoms with van der Waals surface area (Å²) in [6, 6.07) is 3.73. The number of carbonyl (C=O) groups is 3. The molecule has 7 nitrogen and oxygen atoms in total. The van der Waals surface area contributed by atoms with E-state index in [-0.39, 0.29) is 17.4 Å². The number of halogens is 1. The third-order valence-corrected chi connectivity index (χ3v) is 4.69. The van der Waals surface area contributed by atoms with E-state index in [0.29, 0.717) is 10.4 Å². The van der Waals surface area contributed by atoms with Gasteiger partial charge in [0.2, 0.25) is 0 Å². The first-order valence-corrected chi connectivity index (χ1v) is 8.92. The fraction of sp³-hybridized carbons (Fsp3) is 0.471. The van der Waals surface area contributed by atoms with Crippen molar-refractivity contribution in [3.8, 4) is 5.75 Å². The number of benzene rings is 1. The van der Waals surface area contributed by atoms with Gasteiger partial charge in [-0.1, -0.05) is 35.7 Å². The highest BCUT2D eigenvalue weighted by molar-refractivity contribution is 9.10. The van der Waals surface area contributed by atoms with Gasteiger partial charge < -0.3 is 15.2 Å². The van der Waals surface area contributed by atoms with E-state index in [1.165, 1.54) is 12.1 Å². The molecule has 0 bridgehead atoms. The lowest BCUT2D eigenvalue weighted by molar-refractivity contribution is -0.123. The Kier molecular flexibility index (Phi) is 6.81. The Bertz CT molecular complexity index is 664. The smallest absolute Gasteiger partial charge is 0.342 e. The van der Waals surface area contributed by atoms with E-state index < -0.39 is 24.5 Å². The van der Waals surface area contributed by atoms with Crippen molar-refractivity contribution in [3.05, 3.63) is 28.2 Å². The Morgan fingerprint density at radius 3 is 2.72 bits per heavy atom. The standard InChI is InChI=1S/C17H21BrN2O5/c1-10-4-2-3-5-13(10)19-17(24)20-15(22)9-25-16(23)12-8-11(18)6-7-14(12)21/h6-8,10,13,21H,2-5,9H2,1H3,(H2,19,20,22,24)/t10-,13-/m1/s1. The van der Waals surface area contributed by atoms with Gasteiger partial charge >= 0.3 is 12.0 Å². The van der Waals surface area contributed by atoms with Crippen LogP contribution in [0.1, 0.15) is 43.0 Å². The van der Waals surface area contributed by atoms with E-state index in [2.05, 4.69) is 33.5 Å². The number of hydrogen-bond acceptors (Lipinski definition) is 5. The van der Waals surface area contributed by atoms with Crippen LogP contribution < -0.4 is 10.6 Å². The summed E-state index contributed by atoms with van der Waals surface area (Å²) >= 11 is 3.18. The van der Waals surface area contributed by atoms with Crippen LogP contribution in [-0.2, 0) is 9.53 Å². The number of rotatable bonds is 4. The van der Waals surface area contributed by atoms with Crippen molar-refractivity contribution >= 4 is 33.8 Å².